The lowest BCUT2D eigenvalue weighted by atomic mass is 9.34. The zero-order valence-electron chi connectivity index (χ0n) is 22.9. The van der Waals surface area contributed by atoms with E-state index in [4.69, 9.17) is 11.6 Å². The maximum atomic E-state index is 14.3. The minimum absolute atomic E-state index is 0.0302. The van der Waals surface area contributed by atoms with Crippen LogP contribution >= 0.6 is 11.6 Å². The maximum absolute atomic E-state index is 14.3. The third kappa shape index (κ3) is 2.96. The quantitative estimate of drug-likeness (QED) is 0.357. The summed E-state index contributed by atoms with van der Waals surface area (Å²) in [6.07, 6.45) is 9.56. The molecule has 5 aliphatic rings. The zero-order chi connectivity index (χ0) is 26.7. The van der Waals surface area contributed by atoms with Gasteiger partial charge < -0.3 is 0 Å². The predicted molar refractivity (Wildman–Crippen MR) is 140 cm³/mol. The molecule has 194 valence electrons. The van der Waals surface area contributed by atoms with E-state index < -0.39 is 16.2 Å². The Kier molecular flexibility index (Phi) is 5.35. The minimum atomic E-state index is -0.669. The van der Waals surface area contributed by atoms with Gasteiger partial charge in [-0.3, -0.25) is 14.4 Å². The molecule has 7 atom stereocenters. The molecule has 0 aromatic heterocycles. The van der Waals surface area contributed by atoms with Crippen molar-refractivity contribution in [3.05, 3.63) is 23.3 Å². The van der Waals surface area contributed by atoms with Crippen LogP contribution in [0.1, 0.15) is 93.4 Å². The van der Waals surface area contributed by atoms with Gasteiger partial charge in [-0.15, -0.1) is 0 Å². The van der Waals surface area contributed by atoms with Crippen LogP contribution in [0, 0.1) is 61.6 Å². The first kappa shape index (κ1) is 25.9. The van der Waals surface area contributed by atoms with Crippen LogP contribution in [0.4, 0.5) is 0 Å². The molecule has 0 aromatic rings. The van der Waals surface area contributed by atoms with Gasteiger partial charge in [0.2, 0.25) is 5.24 Å². The number of halogens is 1. The summed E-state index contributed by atoms with van der Waals surface area (Å²) >= 11 is 6.36. The molecule has 0 N–H and O–H groups in total. The molecule has 0 aliphatic heterocycles. The first-order valence-electron chi connectivity index (χ1n) is 13.6. The topological polar surface area (TPSA) is 75.0 Å². The highest BCUT2D eigenvalue weighted by Gasteiger charge is 2.70. The number of nitriles is 1. The van der Waals surface area contributed by atoms with E-state index >= 15 is 0 Å². The second-order valence-electron chi connectivity index (χ2n) is 14.7. The summed E-state index contributed by atoms with van der Waals surface area (Å²) in [5, 5.41) is 9.58. The number of nitrogens with zero attached hydrogens (tertiary/aromatic N) is 1. The zero-order valence-corrected chi connectivity index (χ0v) is 23.6. The molecule has 5 aliphatic carbocycles. The van der Waals surface area contributed by atoms with E-state index in [9.17, 15) is 19.6 Å². The molecule has 4 nitrogen and oxygen atoms in total. The SMILES string of the molecule is CC1(C)CC[C@]2(C(=O)Cl)CC[C@]3(C)C(C(=O)C=C4[C@@]5(C)C=C(C#N)C(=O)C(C)(C)[C@@H]5CC[C@]43C)[C@H]2C1. The van der Waals surface area contributed by atoms with Crippen LogP contribution in [-0.2, 0) is 14.4 Å². The molecule has 5 rings (SSSR count). The molecule has 36 heavy (non-hydrogen) atoms. The summed E-state index contributed by atoms with van der Waals surface area (Å²) in [6, 6.07) is 2.16. The van der Waals surface area contributed by atoms with Gasteiger partial charge in [-0.25, -0.2) is 0 Å². The van der Waals surface area contributed by atoms with E-state index in [-0.39, 0.29) is 56.4 Å². The number of hydrogen-bond donors (Lipinski definition) is 0. The minimum Gasteiger partial charge on any atom is -0.295 e. The summed E-state index contributed by atoms with van der Waals surface area (Å²) in [4.78, 5) is 40.4. The number of ketones is 2. The summed E-state index contributed by atoms with van der Waals surface area (Å²) in [6.45, 7) is 15.2. The van der Waals surface area contributed by atoms with Crippen molar-refractivity contribution in [2.24, 2.45) is 50.2 Å². The third-order valence-electron chi connectivity index (χ3n) is 12.3. The van der Waals surface area contributed by atoms with Crippen molar-refractivity contribution in [3.8, 4) is 6.07 Å². The summed E-state index contributed by atoms with van der Waals surface area (Å²) in [5.74, 6) is -0.261. The van der Waals surface area contributed by atoms with Gasteiger partial charge in [0.1, 0.15) is 6.07 Å². The van der Waals surface area contributed by atoms with Crippen LogP contribution in [0.3, 0.4) is 0 Å². The molecule has 0 amide bonds. The smallest absolute Gasteiger partial charge is 0.228 e. The fourth-order valence-corrected chi connectivity index (χ4v) is 10.3. The summed E-state index contributed by atoms with van der Waals surface area (Å²) in [5.41, 5.74) is -1.05. The van der Waals surface area contributed by atoms with Crippen molar-refractivity contribution in [3.63, 3.8) is 0 Å². The number of carbonyl (C=O) groups excluding carboxylic acids is 3. The largest absolute Gasteiger partial charge is 0.295 e. The van der Waals surface area contributed by atoms with Crippen LogP contribution < -0.4 is 0 Å². The average molecular weight is 510 g/mol. The fraction of sp³-hybridized carbons (Fsp3) is 0.742. The lowest BCUT2D eigenvalue weighted by molar-refractivity contribution is -0.173. The predicted octanol–water partition coefficient (Wildman–Crippen LogP) is 6.97. The monoisotopic (exact) mass is 509 g/mol. The second kappa shape index (κ2) is 7.43. The van der Waals surface area contributed by atoms with Gasteiger partial charge in [0, 0.05) is 22.2 Å². The lowest BCUT2D eigenvalue weighted by Crippen LogP contribution is -2.65. The van der Waals surface area contributed by atoms with E-state index in [0.717, 1.165) is 50.5 Å². The molecule has 0 bridgehead atoms. The van der Waals surface area contributed by atoms with E-state index in [1.54, 1.807) is 0 Å². The van der Waals surface area contributed by atoms with Gasteiger partial charge in [0.05, 0.1) is 5.57 Å². The Morgan fingerprint density at radius 1 is 1.00 bits per heavy atom. The highest BCUT2D eigenvalue weighted by molar-refractivity contribution is 6.64. The normalized spacial score (nSPS) is 46.7. The summed E-state index contributed by atoms with van der Waals surface area (Å²) in [7, 11) is 0. The van der Waals surface area contributed by atoms with Crippen LogP contribution in [-0.4, -0.2) is 16.8 Å². The first-order valence-corrected chi connectivity index (χ1v) is 14.0. The molecule has 0 spiro atoms. The molecule has 5 heteroatoms. The number of allylic oxidation sites excluding steroid dienone is 4. The van der Waals surface area contributed by atoms with Gasteiger partial charge in [0.25, 0.3) is 0 Å². The Balaban J connectivity index is 1.71. The molecule has 0 radical (unpaired) electrons. The molecule has 0 heterocycles. The van der Waals surface area contributed by atoms with Crippen LogP contribution in [0.25, 0.3) is 0 Å². The van der Waals surface area contributed by atoms with Crippen molar-refractivity contribution in [2.75, 3.05) is 0 Å². The molecule has 3 saturated carbocycles. The second-order valence-corrected chi connectivity index (χ2v) is 15.0. The van der Waals surface area contributed by atoms with Gasteiger partial charge >= 0.3 is 0 Å². The number of hydrogen-bond acceptors (Lipinski definition) is 4. The Labute approximate surface area is 220 Å². The first-order chi connectivity index (χ1) is 16.5. The Morgan fingerprint density at radius 2 is 1.64 bits per heavy atom. The van der Waals surface area contributed by atoms with Gasteiger partial charge in [-0.1, -0.05) is 60.1 Å². The third-order valence-corrected chi connectivity index (χ3v) is 12.6. The van der Waals surface area contributed by atoms with Crippen molar-refractivity contribution in [1.82, 2.24) is 0 Å². The standard InChI is InChI=1S/C31H40ClNO3/c1-26(2)10-12-31(25(32)36)13-11-30(7)23(19(31)16-26)20(34)14-22-28(5)15-18(17-33)24(35)27(3,4)21(28)8-9-29(22,30)6/h14-15,19,21,23H,8-13,16H2,1-7H3/t19-,21+,23?,28+,29-,30-,31+/m1/s1. The number of rotatable bonds is 1. The number of carbonyl (C=O) groups is 3. The molecular weight excluding hydrogens is 470 g/mol. The fourth-order valence-electron chi connectivity index (χ4n) is 9.98. The molecule has 3 fully saturated rings. The van der Waals surface area contributed by atoms with Gasteiger partial charge in [-0.05, 0) is 90.7 Å². The van der Waals surface area contributed by atoms with Crippen molar-refractivity contribution in [1.29, 1.82) is 5.26 Å². The van der Waals surface area contributed by atoms with E-state index in [0.29, 0.717) is 0 Å². The summed E-state index contributed by atoms with van der Waals surface area (Å²) < 4.78 is 0. The highest BCUT2D eigenvalue weighted by atomic mass is 35.5. The molecule has 1 unspecified atom stereocenters. The Hall–Kier alpha value is -1.73. The van der Waals surface area contributed by atoms with E-state index in [1.165, 1.54) is 0 Å². The molecular formula is C31H40ClNO3. The molecule has 0 saturated heterocycles. The van der Waals surface area contributed by atoms with E-state index in [1.807, 2.05) is 26.0 Å². The van der Waals surface area contributed by atoms with Crippen molar-refractivity contribution in [2.45, 2.75) is 93.4 Å². The Bertz CT molecular complexity index is 1190. The van der Waals surface area contributed by atoms with Crippen LogP contribution in [0.2, 0.25) is 0 Å². The van der Waals surface area contributed by atoms with Crippen molar-refractivity contribution < 1.29 is 14.4 Å². The molecule has 0 aromatic carbocycles. The lowest BCUT2D eigenvalue weighted by Gasteiger charge is -2.68. The average Bonchev–Trinajstić information content (AvgIpc) is 2.77. The maximum Gasteiger partial charge on any atom is 0.228 e. The van der Waals surface area contributed by atoms with Gasteiger partial charge in [-0.2, -0.15) is 5.26 Å². The number of Topliss-reactive ketones (excluding diaryl/α,β-unsaturated/α-hetero) is 1. The number of fused-ring (bicyclic) bond motifs is 7. The Morgan fingerprint density at radius 3 is 2.25 bits per heavy atom. The van der Waals surface area contributed by atoms with E-state index in [2.05, 4.69) is 40.7 Å². The highest BCUT2D eigenvalue weighted by Crippen LogP contribution is 2.74. The van der Waals surface area contributed by atoms with Crippen molar-refractivity contribution >= 4 is 28.4 Å². The van der Waals surface area contributed by atoms with Gasteiger partial charge in [0.15, 0.2) is 11.6 Å². The van der Waals surface area contributed by atoms with Crippen LogP contribution in [0.15, 0.2) is 23.3 Å². The van der Waals surface area contributed by atoms with Crippen LogP contribution in [0.5, 0.6) is 0 Å².